The summed E-state index contributed by atoms with van der Waals surface area (Å²) in [6.45, 7) is 0. The van der Waals surface area contributed by atoms with Gasteiger partial charge in [0, 0.05) is 0 Å². The van der Waals surface area contributed by atoms with E-state index in [1.165, 1.54) is 0 Å². The second-order valence-electron chi connectivity index (χ2n) is 0.986. The largest absolute Gasteiger partial charge is 0.528 e. The molecule has 0 rings (SSSR count). The number of hydrogen-bond acceptors (Lipinski definition) is 5. The molecule has 0 aromatic carbocycles. The van der Waals surface area contributed by atoms with E-state index in [1.54, 1.807) is 0 Å². The molecule has 0 aliphatic carbocycles. The molecule has 0 radical (unpaired) electrons. The lowest BCUT2D eigenvalue weighted by atomic mass is 11.2. The predicted octanol–water partition coefficient (Wildman–Crippen LogP) is -0.329. The first kappa shape index (κ1) is 11.9. The summed E-state index contributed by atoms with van der Waals surface area (Å²) in [6, 6.07) is 0. The van der Waals surface area contributed by atoms with Gasteiger partial charge in [-0.25, -0.2) is 14.4 Å². The fourth-order valence-corrected chi connectivity index (χ4v) is 0.163. The third-order valence-corrected chi connectivity index (χ3v) is 0.341. The highest BCUT2D eigenvalue weighted by atomic mass is 16.8. The maximum atomic E-state index is 9.86. The highest BCUT2D eigenvalue weighted by Crippen LogP contribution is 1.85. The number of carboxylic acid groups (broad SMARTS) is 2. The monoisotopic (exact) mass is 168 g/mol. The Balaban J connectivity index is 0. The number of carbonyl (C=O) groups is 3. The second kappa shape index (κ2) is 4.99. The minimum absolute atomic E-state index is 0. The molecule has 0 aromatic rings. The van der Waals surface area contributed by atoms with E-state index in [-0.39, 0.29) is 5.48 Å². The van der Waals surface area contributed by atoms with Crippen LogP contribution in [-0.2, 0) is 9.47 Å². The summed E-state index contributed by atoms with van der Waals surface area (Å²) in [6.07, 6.45) is -5.64. The average Bonchev–Trinajstić information content (AvgIpc) is 1.58. The van der Waals surface area contributed by atoms with Crippen LogP contribution >= 0.6 is 0 Å². The number of carbonyl (C=O) groups excluding carboxylic acids is 1. The molecule has 0 aliphatic heterocycles. The Morgan fingerprint density at radius 2 is 1.18 bits per heavy atom. The third-order valence-electron chi connectivity index (χ3n) is 0.341. The Morgan fingerprint density at radius 3 is 1.36 bits per heavy atom. The van der Waals surface area contributed by atoms with Gasteiger partial charge in [-0.1, -0.05) is 0 Å². The van der Waals surface area contributed by atoms with Crippen molar-refractivity contribution in [2.75, 3.05) is 0 Å². The molecule has 0 atom stereocenters. The van der Waals surface area contributed by atoms with Crippen LogP contribution in [0.2, 0.25) is 0 Å². The van der Waals surface area contributed by atoms with Crippen LogP contribution in [0.15, 0.2) is 0 Å². The summed E-state index contributed by atoms with van der Waals surface area (Å²) in [4.78, 5) is 28.8. The van der Waals surface area contributed by atoms with Gasteiger partial charge >= 0.3 is 18.5 Å². The quantitative estimate of drug-likeness (QED) is 0.372. The van der Waals surface area contributed by atoms with Crippen molar-refractivity contribution < 1.29 is 39.5 Å². The number of hydrogen-bond donors (Lipinski definition) is 2. The highest BCUT2D eigenvalue weighted by molar-refractivity contribution is 5.82. The summed E-state index contributed by atoms with van der Waals surface area (Å²) < 4.78 is 6.47. The Bertz CT molecular complexity index is 152. The smallest absolute Gasteiger partial charge is 0.449 e. The molecule has 11 heavy (non-hydrogen) atoms. The summed E-state index contributed by atoms with van der Waals surface area (Å²) >= 11 is 0. The first-order chi connectivity index (χ1) is 4.52. The molecule has 0 bridgehead atoms. The van der Waals surface area contributed by atoms with Crippen LogP contribution in [-0.4, -0.2) is 34.2 Å². The van der Waals surface area contributed by atoms with Crippen molar-refractivity contribution in [2.45, 2.75) is 0 Å². The van der Waals surface area contributed by atoms with E-state index in [9.17, 15) is 14.4 Å². The van der Waals surface area contributed by atoms with Gasteiger partial charge in [-0.2, -0.15) is 0 Å². The van der Waals surface area contributed by atoms with Crippen molar-refractivity contribution in [2.24, 2.45) is 0 Å². The lowest BCUT2D eigenvalue weighted by Crippen LogP contribution is -2.14. The van der Waals surface area contributed by atoms with E-state index >= 15 is 0 Å². The topological polar surface area (TPSA) is 142 Å². The van der Waals surface area contributed by atoms with Gasteiger partial charge in [-0.15, -0.1) is 0 Å². The molecule has 0 saturated carbocycles. The molecule has 0 amide bonds. The molecule has 4 N–H and O–H groups in total. The molecule has 0 heterocycles. The van der Waals surface area contributed by atoms with Gasteiger partial charge in [-0.05, 0) is 0 Å². The SMILES string of the molecule is O.O=C(O)OC(=O)OC(=O)O. The van der Waals surface area contributed by atoms with Crippen LogP contribution in [0.5, 0.6) is 0 Å². The van der Waals surface area contributed by atoms with Crippen molar-refractivity contribution in [1.82, 2.24) is 0 Å². The summed E-state index contributed by atoms with van der Waals surface area (Å²) in [5, 5.41) is 15.4. The van der Waals surface area contributed by atoms with Crippen molar-refractivity contribution in [1.29, 1.82) is 0 Å². The van der Waals surface area contributed by atoms with Crippen LogP contribution in [0.3, 0.4) is 0 Å². The summed E-state index contributed by atoms with van der Waals surface area (Å²) in [5.41, 5.74) is 0. The van der Waals surface area contributed by atoms with Crippen molar-refractivity contribution >= 4 is 18.5 Å². The van der Waals surface area contributed by atoms with Crippen LogP contribution in [0.25, 0.3) is 0 Å². The van der Waals surface area contributed by atoms with Crippen LogP contribution in [0, 0.1) is 0 Å². The number of ether oxygens (including phenoxy) is 2. The molecule has 8 heteroatoms. The Labute approximate surface area is 59.3 Å². The average molecular weight is 168 g/mol. The van der Waals surface area contributed by atoms with Gasteiger partial charge < -0.3 is 25.2 Å². The fourth-order valence-electron chi connectivity index (χ4n) is 0.163. The molecule has 64 valence electrons. The van der Waals surface area contributed by atoms with E-state index in [0.717, 1.165) is 0 Å². The first-order valence-electron chi connectivity index (χ1n) is 1.88. The van der Waals surface area contributed by atoms with Gasteiger partial charge in [-0.3, -0.25) is 0 Å². The van der Waals surface area contributed by atoms with Gasteiger partial charge in [0.2, 0.25) is 0 Å². The Hall–Kier alpha value is -1.83. The Morgan fingerprint density at radius 1 is 0.909 bits per heavy atom. The van der Waals surface area contributed by atoms with Crippen molar-refractivity contribution in [3.05, 3.63) is 0 Å². The van der Waals surface area contributed by atoms with E-state index in [0.29, 0.717) is 0 Å². The third kappa shape index (κ3) is 8.17. The van der Waals surface area contributed by atoms with E-state index < -0.39 is 18.5 Å². The molecule has 0 saturated heterocycles. The zero-order chi connectivity index (χ0) is 8.15. The van der Waals surface area contributed by atoms with Crippen LogP contribution in [0.1, 0.15) is 0 Å². The number of rotatable bonds is 0. The van der Waals surface area contributed by atoms with Gasteiger partial charge in [0.15, 0.2) is 0 Å². The lowest BCUT2D eigenvalue weighted by molar-refractivity contribution is 0.0548. The molecule has 0 aliphatic rings. The second-order valence-corrected chi connectivity index (χ2v) is 0.986. The van der Waals surface area contributed by atoms with Crippen LogP contribution < -0.4 is 0 Å². The molecular weight excluding hydrogens is 164 g/mol. The maximum absolute atomic E-state index is 9.86. The summed E-state index contributed by atoms with van der Waals surface area (Å²) in [5.74, 6) is 0. The van der Waals surface area contributed by atoms with E-state index in [2.05, 4.69) is 9.47 Å². The molecule has 8 nitrogen and oxygen atoms in total. The molecule has 0 unspecified atom stereocenters. The van der Waals surface area contributed by atoms with Crippen molar-refractivity contribution in [3.63, 3.8) is 0 Å². The molecule has 0 fully saturated rings. The normalized spacial score (nSPS) is 7.27. The standard InChI is InChI=1S/C3H2O7.H2O/c4-1(5)9-3(8)10-2(6)7;/h(H,4,5)(H,6,7);1H2. The zero-order valence-electron chi connectivity index (χ0n) is 4.94. The maximum Gasteiger partial charge on any atom is 0.528 e. The lowest BCUT2D eigenvalue weighted by Gasteiger charge is -1.93. The van der Waals surface area contributed by atoms with Gasteiger partial charge in [0.25, 0.3) is 0 Å². The molecule has 0 spiro atoms. The highest BCUT2D eigenvalue weighted by Gasteiger charge is 2.13. The summed E-state index contributed by atoms with van der Waals surface area (Å²) in [7, 11) is 0. The van der Waals surface area contributed by atoms with E-state index in [4.69, 9.17) is 10.2 Å². The van der Waals surface area contributed by atoms with Gasteiger partial charge in [0.1, 0.15) is 0 Å². The molecular formula is C3H4O8. The van der Waals surface area contributed by atoms with E-state index in [1.807, 2.05) is 0 Å². The Kier molecular flexibility index (Phi) is 5.41. The first-order valence-corrected chi connectivity index (χ1v) is 1.88. The van der Waals surface area contributed by atoms with Crippen molar-refractivity contribution in [3.8, 4) is 0 Å². The zero-order valence-corrected chi connectivity index (χ0v) is 4.94. The minimum Gasteiger partial charge on any atom is -0.449 e. The molecule has 0 aromatic heterocycles. The predicted molar refractivity (Wildman–Crippen MR) is 27.2 cm³/mol. The van der Waals surface area contributed by atoms with Crippen LogP contribution in [0.4, 0.5) is 14.4 Å². The fraction of sp³-hybridized carbons (Fsp3) is 0. The van der Waals surface area contributed by atoms with Gasteiger partial charge in [0.05, 0.1) is 0 Å². The minimum atomic E-state index is -1.92.